The molecular formula is C10H19F3O3S. The zero-order valence-electron chi connectivity index (χ0n) is 9.62. The standard InChI is InChI=1S/C10H19F3O3S/c11-7-5-3-1-2-4-6-9(12)10(13)8-17(14,15)16/h9-10H,1-8H2,(H,14,15,16). The molecule has 0 bridgehead atoms. The van der Waals surface area contributed by atoms with Crippen LogP contribution < -0.4 is 0 Å². The zero-order chi connectivity index (χ0) is 13.3. The van der Waals surface area contributed by atoms with Gasteiger partial charge in [0.1, 0.15) is 18.1 Å². The van der Waals surface area contributed by atoms with Crippen molar-refractivity contribution in [3.63, 3.8) is 0 Å². The molecule has 1 N–H and O–H groups in total. The molecule has 0 saturated carbocycles. The molecule has 2 atom stereocenters. The molecule has 7 heteroatoms. The lowest BCUT2D eigenvalue weighted by Gasteiger charge is -2.11. The highest BCUT2D eigenvalue weighted by Crippen LogP contribution is 2.15. The van der Waals surface area contributed by atoms with Gasteiger partial charge in [0.2, 0.25) is 0 Å². The third kappa shape index (κ3) is 10.6. The topological polar surface area (TPSA) is 54.4 Å². The Labute approximate surface area is 100 Å². The van der Waals surface area contributed by atoms with Crippen molar-refractivity contribution >= 4 is 10.1 Å². The predicted molar refractivity (Wildman–Crippen MR) is 59.9 cm³/mol. The highest BCUT2D eigenvalue weighted by Gasteiger charge is 2.25. The summed E-state index contributed by atoms with van der Waals surface area (Å²) in [7, 11) is -4.47. The molecular weight excluding hydrogens is 257 g/mol. The summed E-state index contributed by atoms with van der Waals surface area (Å²) >= 11 is 0. The Morgan fingerprint density at radius 3 is 2.00 bits per heavy atom. The van der Waals surface area contributed by atoms with E-state index in [4.69, 9.17) is 4.55 Å². The van der Waals surface area contributed by atoms with Crippen LogP contribution in [0.15, 0.2) is 0 Å². The van der Waals surface area contributed by atoms with Gasteiger partial charge in [0.05, 0.1) is 6.67 Å². The van der Waals surface area contributed by atoms with E-state index >= 15 is 0 Å². The van der Waals surface area contributed by atoms with Crippen molar-refractivity contribution in [2.75, 3.05) is 12.4 Å². The molecule has 3 nitrogen and oxygen atoms in total. The van der Waals surface area contributed by atoms with Crippen molar-refractivity contribution in [2.45, 2.75) is 50.9 Å². The van der Waals surface area contributed by atoms with Gasteiger partial charge in [0.15, 0.2) is 0 Å². The number of alkyl halides is 3. The predicted octanol–water partition coefficient (Wildman–Crippen LogP) is 2.86. The second-order valence-electron chi connectivity index (χ2n) is 4.03. The van der Waals surface area contributed by atoms with E-state index in [1.807, 2.05) is 0 Å². The Bertz CT molecular complexity index is 283. The van der Waals surface area contributed by atoms with Crippen LogP contribution in [0.5, 0.6) is 0 Å². The molecule has 104 valence electrons. The third-order valence-corrected chi connectivity index (χ3v) is 3.12. The molecule has 0 rings (SSSR count). The van der Waals surface area contributed by atoms with Gasteiger partial charge in [0.25, 0.3) is 10.1 Å². The number of unbranched alkanes of at least 4 members (excludes halogenated alkanes) is 4. The molecule has 0 aliphatic rings. The monoisotopic (exact) mass is 276 g/mol. The molecule has 2 unspecified atom stereocenters. The van der Waals surface area contributed by atoms with Gasteiger partial charge in [-0.15, -0.1) is 0 Å². The summed E-state index contributed by atoms with van der Waals surface area (Å²) in [5.74, 6) is -1.20. The lowest BCUT2D eigenvalue weighted by molar-refractivity contribution is 0.169. The van der Waals surface area contributed by atoms with Gasteiger partial charge < -0.3 is 0 Å². The molecule has 0 aromatic rings. The van der Waals surface area contributed by atoms with Crippen LogP contribution in [0, 0.1) is 0 Å². The van der Waals surface area contributed by atoms with Crippen molar-refractivity contribution in [1.29, 1.82) is 0 Å². The molecule has 0 aliphatic carbocycles. The van der Waals surface area contributed by atoms with Crippen molar-refractivity contribution in [3.05, 3.63) is 0 Å². The second-order valence-corrected chi connectivity index (χ2v) is 5.52. The van der Waals surface area contributed by atoms with E-state index in [9.17, 15) is 21.6 Å². The Balaban J connectivity index is 3.61. The van der Waals surface area contributed by atoms with E-state index in [0.29, 0.717) is 19.3 Å². The molecule has 0 saturated heterocycles. The molecule has 0 aliphatic heterocycles. The van der Waals surface area contributed by atoms with Crippen LogP contribution in [0.1, 0.15) is 38.5 Å². The quantitative estimate of drug-likeness (QED) is 0.493. The molecule has 0 heterocycles. The van der Waals surface area contributed by atoms with Gasteiger partial charge in [0, 0.05) is 0 Å². The van der Waals surface area contributed by atoms with Crippen LogP contribution in [0.2, 0.25) is 0 Å². The lowest BCUT2D eigenvalue weighted by atomic mass is 10.1. The maximum atomic E-state index is 13.1. The van der Waals surface area contributed by atoms with Crippen LogP contribution in [0.4, 0.5) is 13.2 Å². The van der Waals surface area contributed by atoms with Crippen LogP contribution in [-0.4, -0.2) is 37.7 Å². The molecule has 0 amide bonds. The van der Waals surface area contributed by atoms with Gasteiger partial charge in [-0.2, -0.15) is 8.42 Å². The first-order valence-corrected chi connectivity index (χ1v) is 7.27. The second kappa shape index (κ2) is 8.74. The van der Waals surface area contributed by atoms with Crippen LogP contribution >= 0.6 is 0 Å². The molecule has 17 heavy (non-hydrogen) atoms. The van der Waals surface area contributed by atoms with E-state index in [0.717, 1.165) is 12.8 Å². The summed E-state index contributed by atoms with van der Waals surface area (Å²) in [5, 5.41) is 0. The number of hydrogen-bond acceptors (Lipinski definition) is 2. The first-order chi connectivity index (χ1) is 7.87. The zero-order valence-corrected chi connectivity index (χ0v) is 10.4. The van der Waals surface area contributed by atoms with Crippen molar-refractivity contribution in [1.82, 2.24) is 0 Å². The fourth-order valence-electron chi connectivity index (χ4n) is 1.45. The van der Waals surface area contributed by atoms with Crippen LogP contribution in [0.25, 0.3) is 0 Å². The largest absolute Gasteiger partial charge is 0.285 e. The Morgan fingerprint density at radius 1 is 0.941 bits per heavy atom. The van der Waals surface area contributed by atoms with E-state index in [1.54, 1.807) is 0 Å². The molecule has 0 aromatic heterocycles. The Hall–Kier alpha value is -0.300. The smallest absolute Gasteiger partial charge is 0.267 e. The fraction of sp³-hybridized carbons (Fsp3) is 1.00. The average molecular weight is 276 g/mol. The van der Waals surface area contributed by atoms with E-state index < -0.39 is 28.2 Å². The van der Waals surface area contributed by atoms with Gasteiger partial charge in [-0.05, 0) is 12.8 Å². The van der Waals surface area contributed by atoms with Crippen LogP contribution in [-0.2, 0) is 10.1 Å². The van der Waals surface area contributed by atoms with Gasteiger partial charge in [-0.3, -0.25) is 8.94 Å². The highest BCUT2D eigenvalue weighted by molar-refractivity contribution is 7.85. The summed E-state index contributed by atoms with van der Waals surface area (Å²) in [6, 6.07) is 0. The van der Waals surface area contributed by atoms with E-state index in [2.05, 4.69) is 0 Å². The Morgan fingerprint density at radius 2 is 1.47 bits per heavy atom. The number of rotatable bonds is 10. The van der Waals surface area contributed by atoms with E-state index in [-0.39, 0.29) is 13.1 Å². The van der Waals surface area contributed by atoms with Gasteiger partial charge in [-0.1, -0.05) is 25.7 Å². The van der Waals surface area contributed by atoms with Crippen molar-refractivity contribution in [3.8, 4) is 0 Å². The SMILES string of the molecule is O=S(=O)(O)CC(F)C(F)CCCCCCCF. The summed E-state index contributed by atoms with van der Waals surface area (Å²) in [6.07, 6.45) is -1.09. The molecule has 0 radical (unpaired) electrons. The van der Waals surface area contributed by atoms with Gasteiger partial charge in [-0.25, -0.2) is 8.78 Å². The summed E-state index contributed by atoms with van der Waals surface area (Å²) in [6.45, 7) is -0.368. The lowest BCUT2D eigenvalue weighted by Crippen LogP contribution is -2.26. The number of hydrogen-bond donors (Lipinski definition) is 1. The summed E-state index contributed by atoms with van der Waals surface area (Å²) in [4.78, 5) is 0. The first kappa shape index (κ1) is 16.7. The fourth-order valence-corrected chi connectivity index (χ4v) is 2.06. The molecule has 0 spiro atoms. The minimum atomic E-state index is -4.47. The normalized spacial score (nSPS) is 15.8. The molecule has 0 aromatic carbocycles. The Kier molecular flexibility index (Phi) is 8.59. The highest BCUT2D eigenvalue weighted by atomic mass is 32.2. The van der Waals surface area contributed by atoms with Crippen molar-refractivity contribution < 1.29 is 26.1 Å². The summed E-state index contributed by atoms with van der Waals surface area (Å²) < 4.78 is 66.7. The van der Waals surface area contributed by atoms with Crippen LogP contribution in [0.3, 0.4) is 0 Å². The minimum absolute atomic E-state index is 0.0771. The minimum Gasteiger partial charge on any atom is -0.285 e. The van der Waals surface area contributed by atoms with Crippen molar-refractivity contribution in [2.24, 2.45) is 0 Å². The van der Waals surface area contributed by atoms with E-state index in [1.165, 1.54) is 0 Å². The summed E-state index contributed by atoms with van der Waals surface area (Å²) in [5.41, 5.74) is 0. The van der Waals surface area contributed by atoms with Gasteiger partial charge >= 0.3 is 0 Å². The first-order valence-electron chi connectivity index (χ1n) is 5.66. The third-order valence-electron chi connectivity index (χ3n) is 2.38. The molecule has 0 fully saturated rings. The average Bonchev–Trinajstić information content (AvgIpc) is 2.20. The maximum absolute atomic E-state index is 13.1. The maximum Gasteiger partial charge on any atom is 0.267 e. The number of halogens is 3.